The predicted molar refractivity (Wildman–Crippen MR) is 150 cm³/mol. The molecular formula is C28H32ClN7O. The number of halogens is 1. The van der Waals surface area contributed by atoms with Crippen molar-refractivity contribution in [2.75, 3.05) is 50.5 Å². The van der Waals surface area contributed by atoms with Crippen LogP contribution >= 0.6 is 11.6 Å². The van der Waals surface area contributed by atoms with Crippen molar-refractivity contribution in [1.29, 1.82) is 0 Å². The third-order valence-electron chi connectivity index (χ3n) is 6.72. The average Bonchev–Trinajstić information content (AvgIpc) is 3.33. The van der Waals surface area contributed by atoms with Crippen molar-refractivity contribution in [2.45, 2.75) is 18.9 Å². The molecule has 9 heteroatoms. The number of piperidine rings is 1. The maximum atomic E-state index is 13.3. The van der Waals surface area contributed by atoms with Gasteiger partial charge >= 0.3 is 0 Å². The molecule has 2 N–H and O–H groups in total. The van der Waals surface area contributed by atoms with Gasteiger partial charge in [0.1, 0.15) is 5.69 Å². The minimum Gasteiger partial charge on any atom is -0.370 e. The van der Waals surface area contributed by atoms with E-state index in [1.54, 1.807) is 23.0 Å². The zero-order valence-corrected chi connectivity index (χ0v) is 21.9. The number of para-hydroxylation sites is 2. The molecule has 0 spiro atoms. The number of likely N-dealkylation sites (N-methyl/N-ethyl adjacent to an activating group) is 1. The largest absolute Gasteiger partial charge is 0.370 e. The van der Waals surface area contributed by atoms with Gasteiger partial charge < -0.3 is 20.4 Å². The predicted octanol–water partition coefficient (Wildman–Crippen LogP) is 4.42. The highest BCUT2D eigenvalue weighted by Gasteiger charge is 2.22. The quantitative estimate of drug-likeness (QED) is 0.360. The maximum Gasteiger partial charge on any atom is 0.274 e. The van der Waals surface area contributed by atoms with Crippen molar-refractivity contribution in [2.24, 2.45) is 0 Å². The Balaban J connectivity index is 1.30. The molecule has 8 nitrogen and oxygen atoms in total. The van der Waals surface area contributed by atoms with E-state index in [0.29, 0.717) is 22.4 Å². The molecule has 0 aliphatic carbocycles. The molecule has 4 aromatic rings. The number of aromatic nitrogens is 3. The fourth-order valence-corrected chi connectivity index (χ4v) is 4.90. The first-order chi connectivity index (χ1) is 18.0. The van der Waals surface area contributed by atoms with Gasteiger partial charge in [0.05, 0.1) is 17.6 Å². The van der Waals surface area contributed by atoms with Gasteiger partial charge in [0, 0.05) is 49.0 Å². The number of nitrogens with zero attached hydrogens (tertiary/aromatic N) is 5. The van der Waals surface area contributed by atoms with Gasteiger partial charge in [-0.05, 0) is 62.8 Å². The highest BCUT2D eigenvalue weighted by Crippen LogP contribution is 2.29. The molecule has 192 valence electrons. The molecule has 0 saturated carbocycles. The lowest BCUT2D eigenvalue weighted by Crippen LogP contribution is -2.44. The summed E-state index contributed by atoms with van der Waals surface area (Å²) < 4.78 is 1.66. The second kappa shape index (κ2) is 11.3. The summed E-state index contributed by atoms with van der Waals surface area (Å²) in [6.07, 6.45) is 5.64. The number of anilines is 2. The Morgan fingerprint density at radius 3 is 2.70 bits per heavy atom. The van der Waals surface area contributed by atoms with E-state index in [2.05, 4.69) is 50.7 Å². The van der Waals surface area contributed by atoms with Crippen LogP contribution in [0.5, 0.6) is 0 Å². The smallest absolute Gasteiger partial charge is 0.274 e. The first-order valence-corrected chi connectivity index (χ1v) is 13.0. The maximum absolute atomic E-state index is 13.3. The van der Waals surface area contributed by atoms with Crippen molar-refractivity contribution in [1.82, 2.24) is 24.8 Å². The standard InChI is InChI=1S/C28H32ClN7O/c1-34(2)17-13-30-22-10-14-35(15-11-22)26-9-4-3-8-24(26)33-28(37)25-12-16-36-27(32-25)23(19-31-36)20-6-5-7-21(29)18-20/h3-9,12,16,18-19,22,30H,10-11,13-15,17H2,1-2H3,(H,33,37). The number of hydrogen-bond donors (Lipinski definition) is 2. The van der Waals surface area contributed by atoms with Gasteiger partial charge in [-0.2, -0.15) is 5.10 Å². The van der Waals surface area contributed by atoms with Gasteiger partial charge in [-0.25, -0.2) is 9.50 Å². The summed E-state index contributed by atoms with van der Waals surface area (Å²) in [6, 6.07) is 17.7. The van der Waals surface area contributed by atoms with Crippen LogP contribution < -0.4 is 15.5 Å². The summed E-state index contributed by atoms with van der Waals surface area (Å²) in [7, 11) is 4.19. The van der Waals surface area contributed by atoms with Gasteiger partial charge in [-0.1, -0.05) is 35.9 Å². The van der Waals surface area contributed by atoms with E-state index in [4.69, 9.17) is 11.6 Å². The Bertz CT molecular complexity index is 1380. The van der Waals surface area contributed by atoms with Crippen LogP contribution in [0.4, 0.5) is 11.4 Å². The first-order valence-electron chi connectivity index (χ1n) is 12.6. The van der Waals surface area contributed by atoms with Crippen LogP contribution in [-0.4, -0.2) is 71.7 Å². The monoisotopic (exact) mass is 517 g/mol. The fraction of sp³-hybridized carbons (Fsp3) is 0.321. The minimum absolute atomic E-state index is 0.256. The second-order valence-electron chi connectivity index (χ2n) is 9.64. The normalized spacial score (nSPS) is 14.4. The number of benzene rings is 2. The number of hydrogen-bond acceptors (Lipinski definition) is 6. The third kappa shape index (κ3) is 5.93. The minimum atomic E-state index is -0.256. The van der Waals surface area contributed by atoms with Crippen LogP contribution in [0.15, 0.2) is 67.0 Å². The molecule has 0 unspecified atom stereocenters. The number of nitrogens with one attached hydrogen (secondary N) is 2. The van der Waals surface area contributed by atoms with Gasteiger partial charge in [0.15, 0.2) is 5.65 Å². The van der Waals surface area contributed by atoms with E-state index < -0.39 is 0 Å². The number of fused-ring (bicyclic) bond motifs is 1. The Hall–Kier alpha value is -3.46. The molecule has 37 heavy (non-hydrogen) atoms. The number of amides is 1. The second-order valence-corrected chi connectivity index (χ2v) is 10.1. The van der Waals surface area contributed by atoms with E-state index in [1.165, 1.54) is 0 Å². The van der Waals surface area contributed by atoms with E-state index in [0.717, 1.165) is 61.5 Å². The van der Waals surface area contributed by atoms with Crippen LogP contribution in [-0.2, 0) is 0 Å². The molecule has 3 heterocycles. The van der Waals surface area contributed by atoms with Crippen molar-refractivity contribution < 1.29 is 4.79 Å². The summed E-state index contributed by atoms with van der Waals surface area (Å²) >= 11 is 6.18. The zero-order valence-electron chi connectivity index (χ0n) is 21.2. The molecule has 1 aliphatic rings. The van der Waals surface area contributed by atoms with Crippen LogP contribution in [0.2, 0.25) is 5.02 Å². The van der Waals surface area contributed by atoms with Crippen LogP contribution in [0, 0.1) is 0 Å². The molecule has 1 fully saturated rings. The molecule has 0 bridgehead atoms. The van der Waals surface area contributed by atoms with E-state index in [9.17, 15) is 4.79 Å². The summed E-state index contributed by atoms with van der Waals surface area (Å²) in [4.78, 5) is 22.5. The zero-order chi connectivity index (χ0) is 25.8. The Kier molecular flexibility index (Phi) is 7.69. The van der Waals surface area contributed by atoms with Gasteiger partial charge in [0.25, 0.3) is 5.91 Å². The van der Waals surface area contributed by atoms with Crippen LogP contribution in [0.3, 0.4) is 0 Å². The average molecular weight is 518 g/mol. The van der Waals surface area contributed by atoms with E-state index in [1.807, 2.05) is 42.5 Å². The Morgan fingerprint density at radius 2 is 1.92 bits per heavy atom. The van der Waals surface area contributed by atoms with Crippen LogP contribution in [0.25, 0.3) is 16.8 Å². The van der Waals surface area contributed by atoms with Crippen molar-refractivity contribution in [3.05, 3.63) is 77.7 Å². The summed E-state index contributed by atoms with van der Waals surface area (Å²) in [5.41, 5.74) is 4.48. The Morgan fingerprint density at radius 1 is 1.11 bits per heavy atom. The molecule has 0 radical (unpaired) electrons. The lowest BCUT2D eigenvalue weighted by molar-refractivity contribution is 0.102. The lowest BCUT2D eigenvalue weighted by Gasteiger charge is -2.35. The molecule has 2 aromatic carbocycles. The number of carbonyl (C=O) groups is 1. The van der Waals surface area contributed by atoms with E-state index >= 15 is 0 Å². The van der Waals surface area contributed by atoms with Gasteiger partial charge in [0.2, 0.25) is 0 Å². The molecular weight excluding hydrogens is 486 g/mol. The van der Waals surface area contributed by atoms with Gasteiger partial charge in [-0.3, -0.25) is 4.79 Å². The lowest BCUT2D eigenvalue weighted by atomic mass is 10.0. The topological polar surface area (TPSA) is 77.8 Å². The van der Waals surface area contributed by atoms with Crippen molar-refractivity contribution in [3.63, 3.8) is 0 Å². The summed E-state index contributed by atoms with van der Waals surface area (Å²) in [5, 5.41) is 11.8. The van der Waals surface area contributed by atoms with Crippen molar-refractivity contribution >= 4 is 34.5 Å². The fourth-order valence-electron chi connectivity index (χ4n) is 4.71. The van der Waals surface area contributed by atoms with E-state index in [-0.39, 0.29) is 5.91 Å². The number of rotatable bonds is 8. The Labute approximate surface area is 222 Å². The molecule has 2 aromatic heterocycles. The van der Waals surface area contributed by atoms with Crippen LogP contribution in [0.1, 0.15) is 23.3 Å². The molecule has 1 saturated heterocycles. The number of carbonyl (C=O) groups excluding carboxylic acids is 1. The molecule has 0 atom stereocenters. The molecule has 1 amide bonds. The highest BCUT2D eigenvalue weighted by atomic mass is 35.5. The third-order valence-corrected chi connectivity index (χ3v) is 6.95. The highest BCUT2D eigenvalue weighted by molar-refractivity contribution is 6.30. The molecule has 1 aliphatic heterocycles. The van der Waals surface area contributed by atoms with Gasteiger partial charge in [-0.15, -0.1) is 0 Å². The molecule has 5 rings (SSSR count). The SMILES string of the molecule is CN(C)CCNC1CCN(c2ccccc2NC(=O)c2ccn3ncc(-c4cccc(Cl)c4)c3n2)CC1. The first kappa shape index (κ1) is 25.2. The summed E-state index contributed by atoms with van der Waals surface area (Å²) in [6.45, 7) is 3.91. The summed E-state index contributed by atoms with van der Waals surface area (Å²) in [5.74, 6) is -0.256. The van der Waals surface area contributed by atoms with Crippen molar-refractivity contribution in [3.8, 4) is 11.1 Å².